The second-order valence-electron chi connectivity index (χ2n) is 9.78. The van der Waals surface area contributed by atoms with Gasteiger partial charge in [0.2, 0.25) is 0 Å². The Hall–Kier alpha value is -4.77. The molecule has 3 aromatic carbocycles. The standard InChI is InChI=1S/C31H35N5O6/c1-38-27-10-9-23(17-30(27)41-4)32-31(37)25-7-5-6-8-26(25)42-20-24-19-36(34-33-24)14-13-35-12-11-21-15-28(39-2)29(40-3)16-22(21)18-35/h5-10,15-17,19H,11-14,18,20H2,1-4H3,(H,32,37). The van der Waals surface area contributed by atoms with E-state index in [-0.39, 0.29) is 12.5 Å². The van der Waals surface area contributed by atoms with Gasteiger partial charge >= 0.3 is 0 Å². The van der Waals surface area contributed by atoms with Crippen molar-refractivity contribution in [2.45, 2.75) is 26.1 Å². The number of carbonyl (C=O) groups is 1. The Morgan fingerprint density at radius 1 is 0.833 bits per heavy atom. The highest BCUT2D eigenvalue weighted by Crippen LogP contribution is 2.33. The normalized spacial score (nSPS) is 12.8. The van der Waals surface area contributed by atoms with Crippen LogP contribution in [0, 0.1) is 0 Å². The third kappa shape index (κ3) is 6.58. The maximum Gasteiger partial charge on any atom is 0.259 e. The molecule has 0 fully saturated rings. The molecule has 5 rings (SSSR count). The Labute approximate surface area is 244 Å². The second kappa shape index (κ2) is 13.3. The Balaban J connectivity index is 1.16. The molecular formula is C31H35N5O6. The molecule has 1 aliphatic heterocycles. The molecule has 4 aromatic rings. The smallest absolute Gasteiger partial charge is 0.259 e. The monoisotopic (exact) mass is 573 g/mol. The van der Waals surface area contributed by atoms with Crippen molar-refractivity contribution in [3.63, 3.8) is 0 Å². The van der Waals surface area contributed by atoms with Gasteiger partial charge < -0.3 is 29.0 Å². The zero-order valence-electron chi connectivity index (χ0n) is 24.3. The molecule has 1 N–H and O–H groups in total. The summed E-state index contributed by atoms with van der Waals surface area (Å²) in [4.78, 5) is 15.5. The number of hydrogen-bond acceptors (Lipinski definition) is 9. The number of methoxy groups -OCH3 is 4. The van der Waals surface area contributed by atoms with Crippen LogP contribution in [0.1, 0.15) is 27.2 Å². The minimum absolute atomic E-state index is 0.180. The van der Waals surface area contributed by atoms with E-state index in [1.165, 1.54) is 11.1 Å². The molecule has 0 aliphatic carbocycles. The number of rotatable bonds is 12. The maximum absolute atomic E-state index is 13.1. The summed E-state index contributed by atoms with van der Waals surface area (Å²) in [6.45, 7) is 3.49. The highest BCUT2D eigenvalue weighted by Gasteiger charge is 2.20. The third-order valence-corrected chi connectivity index (χ3v) is 7.18. The van der Waals surface area contributed by atoms with Crippen LogP contribution < -0.4 is 29.0 Å². The molecule has 0 bridgehead atoms. The Kier molecular flexibility index (Phi) is 9.08. The van der Waals surface area contributed by atoms with E-state index in [1.807, 2.05) is 16.9 Å². The molecule has 220 valence electrons. The first-order valence-electron chi connectivity index (χ1n) is 13.6. The van der Waals surface area contributed by atoms with Gasteiger partial charge in [-0.3, -0.25) is 14.4 Å². The lowest BCUT2D eigenvalue weighted by Gasteiger charge is -2.29. The third-order valence-electron chi connectivity index (χ3n) is 7.18. The number of aromatic nitrogens is 3. The van der Waals surface area contributed by atoms with Crippen molar-refractivity contribution in [2.24, 2.45) is 0 Å². The fraction of sp³-hybridized carbons (Fsp3) is 0.323. The van der Waals surface area contributed by atoms with Crippen LogP contribution >= 0.6 is 0 Å². The van der Waals surface area contributed by atoms with Crippen LogP contribution in [-0.4, -0.2) is 67.3 Å². The van der Waals surface area contributed by atoms with Crippen LogP contribution in [0.4, 0.5) is 5.69 Å². The largest absolute Gasteiger partial charge is 0.493 e. The van der Waals surface area contributed by atoms with Crippen molar-refractivity contribution in [2.75, 3.05) is 46.8 Å². The number of fused-ring (bicyclic) bond motifs is 1. The molecule has 0 spiro atoms. The minimum Gasteiger partial charge on any atom is -0.493 e. The Morgan fingerprint density at radius 2 is 1.55 bits per heavy atom. The highest BCUT2D eigenvalue weighted by molar-refractivity contribution is 6.06. The summed E-state index contributed by atoms with van der Waals surface area (Å²) in [6.07, 6.45) is 2.82. The second-order valence-corrected chi connectivity index (χ2v) is 9.78. The molecule has 11 nitrogen and oxygen atoms in total. The molecule has 1 aliphatic rings. The number of ether oxygens (including phenoxy) is 5. The van der Waals surface area contributed by atoms with Gasteiger partial charge in [0.15, 0.2) is 23.0 Å². The van der Waals surface area contributed by atoms with E-state index >= 15 is 0 Å². The fourth-order valence-electron chi connectivity index (χ4n) is 4.93. The maximum atomic E-state index is 13.1. The van der Waals surface area contributed by atoms with E-state index in [1.54, 1.807) is 64.8 Å². The predicted octanol–water partition coefficient (Wildman–Crippen LogP) is 4.20. The van der Waals surface area contributed by atoms with Gasteiger partial charge in [0, 0.05) is 31.4 Å². The van der Waals surface area contributed by atoms with Crippen molar-refractivity contribution in [3.8, 4) is 28.7 Å². The van der Waals surface area contributed by atoms with Crippen LogP contribution in [0.3, 0.4) is 0 Å². The molecule has 0 atom stereocenters. The van der Waals surface area contributed by atoms with Crippen molar-refractivity contribution < 1.29 is 28.5 Å². The average Bonchev–Trinajstić information content (AvgIpc) is 3.49. The van der Waals surface area contributed by atoms with E-state index in [0.717, 1.165) is 37.6 Å². The number of nitrogens with one attached hydrogen (secondary N) is 1. The first kappa shape index (κ1) is 28.7. The molecular weight excluding hydrogens is 538 g/mol. The quantitative estimate of drug-likeness (QED) is 0.267. The van der Waals surface area contributed by atoms with Gasteiger partial charge in [0.05, 0.1) is 46.7 Å². The van der Waals surface area contributed by atoms with Crippen molar-refractivity contribution >= 4 is 11.6 Å². The van der Waals surface area contributed by atoms with Crippen LogP contribution in [-0.2, 0) is 26.1 Å². The van der Waals surface area contributed by atoms with E-state index in [0.29, 0.717) is 40.7 Å². The SMILES string of the molecule is COc1ccc(NC(=O)c2ccccc2OCc2cn(CCN3CCc4cc(OC)c(OC)cc4C3)nn2)cc1OC. The van der Waals surface area contributed by atoms with Crippen LogP contribution in [0.15, 0.2) is 60.8 Å². The van der Waals surface area contributed by atoms with E-state index < -0.39 is 0 Å². The number of amides is 1. The molecule has 11 heteroatoms. The number of hydrogen-bond donors (Lipinski definition) is 1. The molecule has 2 heterocycles. The fourth-order valence-corrected chi connectivity index (χ4v) is 4.93. The zero-order valence-corrected chi connectivity index (χ0v) is 24.3. The number of anilines is 1. The van der Waals surface area contributed by atoms with Gasteiger partial charge in [-0.2, -0.15) is 0 Å². The predicted molar refractivity (Wildman–Crippen MR) is 157 cm³/mol. The molecule has 1 aromatic heterocycles. The van der Waals surface area contributed by atoms with E-state index in [4.69, 9.17) is 23.7 Å². The average molecular weight is 574 g/mol. The van der Waals surface area contributed by atoms with Gasteiger partial charge in [-0.05, 0) is 53.9 Å². The van der Waals surface area contributed by atoms with Gasteiger partial charge in [-0.1, -0.05) is 17.3 Å². The van der Waals surface area contributed by atoms with Crippen LogP contribution in [0.5, 0.6) is 28.7 Å². The highest BCUT2D eigenvalue weighted by atomic mass is 16.5. The molecule has 0 saturated heterocycles. The van der Waals surface area contributed by atoms with Crippen molar-refractivity contribution in [1.29, 1.82) is 0 Å². The van der Waals surface area contributed by atoms with E-state index in [2.05, 4.69) is 32.7 Å². The van der Waals surface area contributed by atoms with Gasteiger partial charge in [-0.15, -0.1) is 5.10 Å². The Bertz CT molecular complexity index is 1540. The van der Waals surface area contributed by atoms with Crippen LogP contribution in [0.2, 0.25) is 0 Å². The molecule has 1 amide bonds. The molecule has 42 heavy (non-hydrogen) atoms. The number of nitrogens with zero attached hydrogens (tertiary/aromatic N) is 4. The molecule has 0 saturated carbocycles. The minimum atomic E-state index is -0.305. The lowest BCUT2D eigenvalue weighted by molar-refractivity contribution is 0.102. The van der Waals surface area contributed by atoms with Gasteiger partial charge in [0.1, 0.15) is 18.1 Å². The summed E-state index contributed by atoms with van der Waals surface area (Å²) in [5, 5.41) is 11.4. The number of benzene rings is 3. The number of carbonyl (C=O) groups excluding carboxylic acids is 1. The van der Waals surface area contributed by atoms with Crippen molar-refractivity contribution in [3.05, 3.63) is 83.2 Å². The topological polar surface area (TPSA) is 109 Å². The molecule has 0 unspecified atom stereocenters. The first-order chi connectivity index (χ1) is 20.5. The lowest BCUT2D eigenvalue weighted by Crippen LogP contribution is -2.33. The summed E-state index contributed by atoms with van der Waals surface area (Å²) < 4.78 is 29.3. The van der Waals surface area contributed by atoms with E-state index in [9.17, 15) is 4.79 Å². The summed E-state index contributed by atoms with van der Waals surface area (Å²) in [7, 11) is 6.43. The molecule has 0 radical (unpaired) electrons. The zero-order chi connectivity index (χ0) is 29.5. The summed E-state index contributed by atoms with van der Waals surface area (Å²) in [5.74, 6) is 2.76. The lowest BCUT2D eigenvalue weighted by atomic mass is 9.99. The summed E-state index contributed by atoms with van der Waals surface area (Å²) in [6, 6.07) is 16.4. The first-order valence-corrected chi connectivity index (χ1v) is 13.6. The van der Waals surface area contributed by atoms with Crippen molar-refractivity contribution in [1.82, 2.24) is 19.9 Å². The van der Waals surface area contributed by atoms with Gasteiger partial charge in [-0.25, -0.2) is 0 Å². The summed E-state index contributed by atoms with van der Waals surface area (Å²) >= 11 is 0. The summed E-state index contributed by atoms with van der Waals surface area (Å²) in [5.41, 5.74) is 4.19. The number of para-hydroxylation sites is 1. The van der Waals surface area contributed by atoms with Gasteiger partial charge in [0.25, 0.3) is 5.91 Å². The Morgan fingerprint density at radius 3 is 2.31 bits per heavy atom. The van der Waals surface area contributed by atoms with Crippen LogP contribution in [0.25, 0.3) is 0 Å².